The fourth-order valence-corrected chi connectivity index (χ4v) is 4.47. The third kappa shape index (κ3) is 5.47. The molecule has 0 fully saturated rings. The Morgan fingerprint density at radius 1 is 0.939 bits per heavy atom. The van der Waals surface area contributed by atoms with Gasteiger partial charge < -0.3 is 9.64 Å². The number of rotatable bonds is 7. The van der Waals surface area contributed by atoms with Crippen molar-refractivity contribution in [1.29, 1.82) is 0 Å². The molecule has 3 nitrogen and oxygen atoms in total. The molecule has 5 heteroatoms. The van der Waals surface area contributed by atoms with Gasteiger partial charge in [-0.15, -0.1) is 0 Å². The second-order valence-corrected chi connectivity index (χ2v) is 9.51. The Bertz CT molecular complexity index is 1280. The van der Waals surface area contributed by atoms with Crippen molar-refractivity contribution in [3.05, 3.63) is 105 Å². The molecule has 0 saturated carbocycles. The van der Waals surface area contributed by atoms with Gasteiger partial charge in [-0.05, 0) is 79.2 Å². The molecule has 0 aliphatic heterocycles. The van der Waals surface area contributed by atoms with Crippen LogP contribution in [0.4, 0.5) is 0 Å². The van der Waals surface area contributed by atoms with Crippen molar-refractivity contribution >= 4 is 49.6 Å². The Morgan fingerprint density at radius 2 is 1.67 bits per heavy atom. The number of hydrogen-bond acceptors (Lipinski definition) is 3. The molecule has 4 rings (SSSR count). The summed E-state index contributed by atoms with van der Waals surface area (Å²) in [7, 11) is 5.87. The van der Waals surface area contributed by atoms with E-state index < -0.39 is 0 Å². The first-order chi connectivity index (χ1) is 16.0. The number of nitrogens with zero attached hydrogens (tertiary/aromatic N) is 2. The molecule has 0 atom stereocenters. The van der Waals surface area contributed by atoms with E-state index in [9.17, 15) is 0 Å². The van der Waals surface area contributed by atoms with Gasteiger partial charge in [0.1, 0.15) is 0 Å². The summed E-state index contributed by atoms with van der Waals surface area (Å²) in [5, 5.41) is 1.76. The van der Waals surface area contributed by atoms with Crippen molar-refractivity contribution in [3.8, 4) is 5.88 Å². The first kappa shape index (κ1) is 23.5. The first-order valence-corrected chi connectivity index (χ1v) is 12.0. The lowest BCUT2D eigenvalue weighted by atomic mass is 9.87. The average Bonchev–Trinajstić information content (AvgIpc) is 2.82. The zero-order chi connectivity index (χ0) is 23.4. The van der Waals surface area contributed by atoms with Crippen molar-refractivity contribution in [1.82, 2.24) is 9.88 Å². The molecule has 4 aromatic rings. The standard InChI is InChI=1S/C28H26BrClN2O/c1-32(2)16-15-24(19-7-5-4-6-8-19)27(20-9-12-23(30)13-10-20)25-18-21-17-22(29)11-14-26(21)31-28(25)33-3/h4-14,17-18H,15-16H2,1-3H3. The van der Waals surface area contributed by atoms with Crippen LogP contribution >= 0.6 is 27.5 Å². The number of pyridine rings is 1. The van der Waals surface area contributed by atoms with Crippen molar-refractivity contribution in [3.63, 3.8) is 0 Å². The Balaban J connectivity index is 2.07. The highest BCUT2D eigenvalue weighted by Crippen LogP contribution is 2.40. The van der Waals surface area contributed by atoms with Crippen LogP contribution in [0.25, 0.3) is 22.0 Å². The highest BCUT2D eigenvalue weighted by atomic mass is 79.9. The zero-order valence-electron chi connectivity index (χ0n) is 19.0. The number of benzene rings is 3. The van der Waals surface area contributed by atoms with Gasteiger partial charge in [0.15, 0.2) is 0 Å². The summed E-state index contributed by atoms with van der Waals surface area (Å²) >= 11 is 9.85. The third-order valence-electron chi connectivity index (χ3n) is 5.57. The van der Waals surface area contributed by atoms with E-state index in [1.807, 2.05) is 30.3 Å². The molecule has 168 valence electrons. The van der Waals surface area contributed by atoms with Crippen molar-refractivity contribution < 1.29 is 4.74 Å². The molecular weight excluding hydrogens is 496 g/mol. The molecule has 3 aromatic carbocycles. The van der Waals surface area contributed by atoms with Crippen molar-refractivity contribution in [2.24, 2.45) is 0 Å². The second kappa shape index (κ2) is 10.5. The second-order valence-electron chi connectivity index (χ2n) is 8.16. The van der Waals surface area contributed by atoms with E-state index in [2.05, 4.69) is 83.5 Å². The highest BCUT2D eigenvalue weighted by molar-refractivity contribution is 9.10. The summed E-state index contributed by atoms with van der Waals surface area (Å²) < 4.78 is 6.84. The van der Waals surface area contributed by atoms with Crippen molar-refractivity contribution in [2.45, 2.75) is 6.42 Å². The number of ether oxygens (including phenoxy) is 1. The molecule has 0 radical (unpaired) electrons. The molecule has 0 aliphatic rings. The van der Waals surface area contributed by atoms with Gasteiger partial charge in [0.05, 0.1) is 12.6 Å². The first-order valence-electron chi connectivity index (χ1n) is 10.8. The molecule has 1 aromatic heterocycles. The normalized spacial score (nSPS) is 12.2. The molecule has 0 spiro atoms. The lowest BCUT2D eigenvalue weighted by Gasteiger charge is -2.21. The molecule has 1 heterocycles. The van der Waals surface area contributed by atoms with Crippen molar-refractivity contribution in [2.75, 3.05) is 27.7 Å². The number of aromatic nitrogens is 1. The largest absolute Gasteiger partial charge is 0.481 e. The molecular formula is C28H26BrClN2O. The number of halogens is 2. The summed E-state index contributed by atoms with van der Waals surface area (Å²) in [6.45, 7) is 0.913. The van der Waals surface area contributed by atoms with E-state index in [4.69, 9.17) is 21.3 Å². The fraction of sp³-hybridized carbons (Fsp3) is 0.179. The minimum absolute atomic E-state index is 0.605. The lowest BCUT2D eigenvalue weighted by molar-refractivity contribution is 0.398. The van der Waals surface area contributed by atoms with Gasteiger partial charge in [0.2, 0.25) is 5.88 Å². The number of methoxy groups -OCH3 is 1. The van der Waals surface area contributed by atoms with Gasteiger partial charge in [-0.2, -0.15) is 0 Å². The molecule has 0 aliphatic carbocycles. The Hall–Kier alpha value is -2.66. The van der Waals surface area contributed by atoms with Crippen LogP contribution in [0, 0.1) is 0 Å². The Kier molecular flexibility index (Phi) is 7.49. The molecule has 0 bridgehead atoms. The van der Waals surface area contributed by atoms with Gasteiger partial charge in [-0.1, -0.05) is 70.0 Å². The summed E-state index contributed by atoms with van der Waals surface area (Å²) in [4.78, 5) is 7.06. The van der Waals surface area contributed by atoms with E-state index in [1.165, 1.54) is 11.1 Å². The quantitative estimate of drug-likeness (QED) is 0.235. The Morgan fingerprint density at radius 3 is 2.33 bits per heavy atom. The van der Waals surface area contributed by atoms with Crippen LogP contribution in [0.3, 0.4) is 0 Å². The lowest BCUT2D eigenvalue weighted by Crippen LogP contribution is -2.14. The maximum atomic E-state index is 6.25. The summed E-state index contributed by atoms with van der Waals surface area (Å²) in [6.07, 6.45) is 0.870. The zero-order valence-corrected chi connectivity index (χ0v) is 21.3. The van der Waals surface area contributed by atoms with Crippen LogP contribution in [0.2, 0.25) is 5.02 Å². The van der Waals surface area contributed by atoms with Crippen LogP contribution in [0.15, 0.2) is 83.3 Å². The smallest absolute Gasteiger partial charge is 0.221 e. The summed E-state index contributed by atoms with van der Waals surface area (Å²) in [5.74, 6) is 0.605. The molecule has 0 amide bonds. The predicted octanol–water partition coefficient (Wildman–Crippen LogP) is 7.57. The van der Waals surface area contributed by atoms with E-state index >= 15 is 0 Å². The monoisotopic (exact) mass is 520 g/mol. The summed E-state index contributed by atoms with van der Waals surface area (Å²) in [6, 6.07) is 26.8. The van der Waals surface area contributed by atoms with Gasteiger partial charge >= 0.3 is 0 Å². The van der Waals surface area contributed by atoms with Gasteiger partial charge in [0, 0.05) is 27.0 Å². The average molecular weight is 522 g/mol. The van der Waals surface area contributed by atoms with Crippen LogP contribution in [0.5, 0.6) is 5.88 Å². The van der Waals surface area contributed by atoms with Gasteiger partial charge in [-0.25, -0.2) is 4.98 Å². The summed E-state index contributed by atoms with van der Waals surface area (Å²) in [5.41, 5.74) is 6.45. The van der Waals surface area contributed by atoms with Gasteiger partial charge in [-0.3, -0.25) is 0 Å². The molecule has 33 heavy (non-hydrogen) atoms. The van der Waals surface area contributed by atoms with Crippen LogP contribution in [0.1, 0.15) is 23.1 Å². The maximum absolute atomic E-state index is 6.25. The van der Waals surface area contributed by atoms with Crippen LogP contribution < -0.4 is 4.74 Å². The minimum Gasteiger partial charge on any atom is -0.481 e. The SMILES string of the molecule is COc1nc2ccc(Br)cc2cc1C(=C(CCN(C)C)c1ccccc1)c1ccc(Cl)cc1. The maximum Gasteiger partial charge on any atom is 0.221 e. The van der Waals surface area contributed by atoms with Crippen LogP contribution in [-0.2, 0) is 0 Å². The number of fused-ring (bicyclic) bond motifs is 1. The Labute approximate surface area is 208 Å². The van der Waals surface area contributed by atoms with Crippen LogP contribution in [-0.4, -0.2) is 37.6 Å². The van der Waals surface area contributed by atoms with E-state index in [0.29, 0.717) is 10.9 Å². The molecule has 0 saturated heterocycles. The predicted molar refractivity (Wildman–Crippen MR) is 143 cm³/mol. The van der Waals surface area contributed by atoms with E-state index in [-0.39, 0.29) is 0 Å². The van der Waals surface area contributed by atoms with E-state index in [0.717, 1.165) is 45.0 Å². The van der Waals surface area contributed by atoms with Gasteiger partial charge in [0.25, 0.3) is 0 Å². The molecule has 0 N–H and O–H groups in total. The third-order valence-corrected chi connectivity index (χ3v) is 6.32. The fourth-order valence-electron chi connectivity index (χ4n) is 3.96. The molecule has 0 unspecified atom stereocenters. The minimum atomic E-state index is 0.605. The highest BCUT2D eigenvalue weighted by Gasteiger charge is 2.20. The number of hydrogen-bond donors (Lipinski definition) is 0. The topological polar surface area (TPSA) is 25.4 Å². The van der Waals surface area contributed by atoms with E-state index in [1.54, 1.807) is 7.11 Å².